The molecule has 1 N–H and O–H groups in total. The lowest BCUT2D eigenvalue weighted by atomic mass is 10.1. The van der Waals surface area contributed by atoms with E-state index in [0.29, 0.717) is 11.4 Å². The lowest BCUT2D eigenvalue weighted by Crippen LogP contribution is -2.13. The van der Waals surface area contributed by atoms with Crippen molar-refractivity contribution in [3.63, 3.8) is 0 Å². The van der Waals surface area contributed by atoms with Crippen LogP contribution in [0.2, 0.25) is 0 Å². The van der Waals surface area contributed by atoms with Crippen molar-refractivity contribution in [1.82, 2.24) is 0 Å². The maximum absolute atomic E-state index is 12.8. The third-order valence-electron chi connectivity index (χ3n) is 4.49. The van der Waals surface area contributed by atoms with Crippen LogP contribution in [-0.4, -0.2) is 8.42 Å². The number of ether oxygens (including phenoxy) is 1. The van der Waals surface area contributed by atoms with Crippen LogP contribution in [0.4, 0.5) is 5.69 Å². The number of fused-ring (bicyclic) bond motifs is 1. The number of benzene rings is 4. The Balaban J connectivity index is 1.58. The zero-order chi connectivity index (χ0) is 19.6. The van der Waals surface area contributed by atoms with Crippen LogP contribution in [0.15, 0.2) is 95.9 Å². The Morgan fingerprint density at radius 3 is 2.21 bits per heavy atom. The Bertz CT molecular complexity index is 1230. The van der Waals surface area contributed by atoms with E-state index >= 15 is 0 Å². The van der Waals surface area contributed by atoms with Gasteiger partial charge in [0.05, 0.1) is 10.6 Å². The molecule has 28 heavy (non-hydrogen) atoms. The number of para-hydroxylation sites is 1. The van der Waals surface area contributed by atoms with E-state index in [9.17, 15) is 8.42 Å². The molecular weight excluding hydrogens is 370 g/mol. The van der Waals surface area contributed by atoms with Gasteiger partial charge in [-0.1, -0.05) is 54.6 Å². The Morgan fingerprint density at radius 1 is 0.750 bits per heavy atom. The highest BCUT2D eigenvalue weighted by Gasteiger charge is 2.15. The van der Waals surface area contributed by atoms with Crippen molar-refractivity contribution in [3.8, 4) is 11.5 Å². The van der Waals surface area contributed by atoms with Gasteiger partial charge in [0.1, 0.15) is 11.5 Å². The summed E-state index contributed by atoms with van der Waals surface area (Å²) in [5.41, 5.74) is 1.56. The number of nitrogens with one attached hydrogen (secondary N) is 1. The molecule has 0 saturated carbocycles. The maximum atomic E-state index is 12.8. The minimum Gasteiger partial charge on any atom is -0.457 e. The van der Waals surface area contributed by atoms with Crippen molar-refractivity contribution in [2.45, 2.75) is 11.8 Å². The van der Waals surface area contributed by atoms with Crippen LogP contribution in [0.1, 0.15) is 5.56 Å². The molecule has 0 aromatic heterocycles. The fourth-order valence-corrected chi connectivity index (χ4v) is 4.08. The summed E-state index contributed by atoms with van der Waals surface area (Å²) >= 11 is 0. The van der Waals surface area contributed by atoms with Crippen LogP contribution < -0.4 is 9.46 Å². The largest absolute Gasteiger partial charge is 0.457 e. The van der Waals surface area contributed by atoms with Gasteiger partial charge < -0.3 is 4.74 Å². The van der Waals surface area contributed by atoms with Gasteiger partial charge in [0.25, 0.3) is 10.0 Å². The first-order valence-corrected chi connectivity index (χ1v) is 10.4. The molecule has 0 saturated heterocycles. The van der Waals surface area contributed by atoms with E-state index in [2.05, 4.69) is 4.72 Å². The second-order valence-corrected chi connectivity index (χ2v) is 8.15. The Kier molecular flexibility index (Phi) is 4.75. The van der Waals surface area contributed by atoms with Crippen LogP contribution in [0.25, 0.3) is 10.8 Å². The monoisotopic (exact) mass is 389 g/mol. The van der Waals surface area contributed by atoms with Gasteiger partial charge in [0, 0.05) is 5.39 Å². The summed E-state index contributed by atoms with van der Waals surface area (Å²) in [5, 5.41) is 1.83. The molecule has 0 aliphatic heterocycles. The molecule has 0 atom stereocenters. The molecule has 5 heteroatoms. The normalized spacial score (nSPS) is 11.3. The summed E-state index contributed by atoms with van der Waals surface area (Å²) < 4.78 is 34.2. The molecule has 0 unspecified atom stereocenters. The van der Waals surface area contributed by atoms with Crippen molar-refractivity contribution in [2.24, 2.45) is 0 Å². The molecule has 0 radical (unpaired) electrons. The van der Waals surface area contributed by atoms with E-state index in [-0.39, 0.29) is 4.90 Å². The maximum Gasteiger partial charge on any atom is 0.261 e. The molecule has 0 spiro atoms. The lowest BCUT2D eigenvalue weighted by molar-refractivity contribution is 0.478. The summed E-state index contributed by atoms with van der Waals surface area (Å²) in [7, 11) is -3.71. The lowest BCUT2D eigenvalue weighted by Gasteiger charge is -2.12. The molecule has 4 nitrogen and oxygen atoms in total. The Labute approximate surface area is 164 Å². The molecular formula is C23H19NO3S. The number of aryl methyl sites for hydroxylation is 1. The SMILES string of the molecule is Cc1ccccc1Oc1ccc(S(=O)(=O)Nc2cccc3ccccc23)cc1. The van der Waals surface area contributed by atoms with Crippen molar-refractivity contribution in [3.05, 3.63) is 96.6 Å². The Hall–Kier alpha value is -3.31. The number of hydrogen-bond acceptors (Lipinski definition) is 3. The highest BCUT2D eigenvalue weighted by Crippen LogP contribution is 2.28. The summed E-state index contributed by atoms with van der Waals surface area (Å²) in [6, 6.07) is 27.3. The predicted octanol–water partition coefficient (Wildman–Crippen LogP) is 5.74. The van der Waals surface area contributed by atoms with E-state index in [4.69, 9.17) is 4.74 Å². The van der Waals surface area contributed by atoms with Gasteiger partial charge in [-0.25, -0.2) is 8.42 Å². The molecule has 0 bridgehead atoms. The van der Waals surface area contributed by atoms with Crippen LogP contribution in [-0.2, 0) is 10.0 Å². The first-order valence-electron chi connectivity index (χ1n) is 8.87. The molecule has 140 valence electrons. The zero-order valence-electron chi connectivity index (χ0n) is 15.3. The van der Waals surface area contributed by atoms with Crippen LogP contribution in [0.3, 0.4) is 0 Å². The van der Waals surface area contributed by atoms with E-state index in [1.165, 1.54) is 0 Å². The average molecular weight is 389 g/mol. The summed E-state index contributed by atoms with van der Waals surface area (Å²) in [4.78, 5) is 0.178. The average Bonchev–Trinajstić information content (AvgIpc) is 2.70. The van der Waals surface area contributed by atoms with Gasteiger partial charge >= 0.3 is 0 Å². The molecule has 0 heterocycles. The van der Waals surface area contributed by atoms with Gasteiger partial charge in [0.15, 0.2) is 0 Å². The number of sulfonamides is 1. The van der Waals surface area contributed by atoms with Crippen LogP contribution in [0, 0.1) is 6.92 Å². The highest BCUT2D eigenvalue weighted by molar-refractivity contribution is 7.92. The number of anilines is 1. The fourth-order valence-electron chi connectivity index (χ4n) is 3.00. The van der Waals surface area contributed by atoms with Gasteiger partial charge in [-0.3, -0.25) is 4.72 Å². The van der Waals surface area contributed by atoms with Gasteiger partial charge in [-0.05, 0) is 54.3 Å². The van der Waals surface area contributed by atoms with Gasteiger partial charge in [-0.2, -0.15) is 0 Å². The third-order valence-corrected chi connectivity index (χ3v) is 5.87. The quantitative estimate of drug-likeness (QED) is 0.473. The van der Waals surface area contributed by atoms with Gasteiger partial charge in [-0.15, -0.1) is 0 Å². The first kappa shape index (κ1) is 18.1. The smallest absolute Gasteiger partial charge is 0.261 e. The third kappa shape index (κ3) is 3.70. The minimum atomic E-state index is -3.71. The summed E-state index contributed by atoms with van der Waals surface area (Å²) in [6.07, 6.45) is 0. The van der Waals surface area contributed by atoms with E-state index in [1.807, 2.05) is 67.6 Å². The van der Waals surface area contributed by atoms with Crippen LogP contribution >= 0.6 is 0 Å². The molecule has 0 aliphatic carbocycles. The molecule has 4 aromatic carbocycles. The topological polar surface area (TPSA) is 55.4 Å². The van der Waals surface area contributed by atoms with E-state index in [0.717, 1.165) is 22.1 Å². The summed E-state index contributed by atoms with van der Waals surface area (Å²) in [6.45, 7) is 1.96. The van der Waals surface area contributed by atoms with Crippen molar-refractivity contribution in [2.75, 3.05) is 4.72 Å². The molecule has 0 fully saturated rings. The molecule has 4 aromatic rings. The highest BCUT2D eigenvalue weighted by atomic mass is 32.2. The fraction of sp³-hybridized carbons (Fsp3) is 0.0435. The van der Waals surface area contributed by atoms with Crippen molar-refractivity contribution >= 4 is 26.5 Å². The van der Waals surface area contributed by atoms with E-state index < -0.39 is 10.0 Å². The molecule has 0 aliphatic rings. The Morgan fingerprint density at radius 2 is 1.43 bits per heavy atom. The number of hydrogen-bond donors (Lipinski definition) is 1. The standard InChI is InChI=1S/C23H19NO3S/c1-17-7-2-5-12-23(17)27-19-13-15-20(16-14-19)28(25,26)24-22-11-6-9-18-8-3-4-10-21(18)22/h2-16,24H,1H3. The summed E-state index contributed by atoms with van der Waals surface area (Å²) in [5.74, 6) is 1.32. The minimum absolute atomic E-state index is 0.178. The van der Waals surface area contributed by atoms with E-state index in [1.54, 1.807) is 30.3 Å². The number of rotatable bonds is 5. The zero-order valence-corrected chi connectivity index (χ0v) is 16.1. The van der Waals surface area contributed by atoms with Gasteiger partial charge in [0.2, 0.25) is 0 Å². The van der Waals surface area contributed by atoms with Crippen molar-refractivity contribution in [1.29, 1.82) is 0 Å². The second-order valence-electron chi connectivity index (χ2n) is 6.47. The molecule has 0 amide bonds. The molecule has 4 rings (SSSR count). The van der Waals surface area contributed by atoms with Crippen molar-refractivity contribution < 1.29 is 13.2 Å². The second kappa shape index (κ2) is 7.37. The van der Waals surface area contributed by atoms with Crippen LogP contribution in [0.5, 0.6) is 11.5 Å². The first-order chi connectivity index (χ1) is 13.5. The predicted molar refractivity (Wildman–Crippen MR) is 112 cm³/mol.